The van der Waals surface area contributed by atoms with Crippen molar-refractivity contribution in [3.05, 3.63) is 67.7 Å². The van der Waals surface area contributed by atoms with Gasteiger partial charge in [0, 0.05) is 18.2 Å². The number of nitro groups is 1. The molecule has 1 unspecified atom stereocenters. The SMILES string of the molecule is CN(C)CC(NC(=O)c1ccc(OC(F)(F)F)c([N+](=O)[O-])c1)c1ccc(Cl)c(Cl)c1. The maximum absolute atomic E-state index is 12.7. The predicted molar refractivity (Wildman–Crippen MR) is 105 cm³/mol. The zero-order valence-corrected chi connectivity index (χ0v) is 17.2. The molecule has 0 aliphatic carbocycles. The lowest BCUT2D eigenvalue weighted by molar-refractivity contribution is -0.388. The van der Waals surface area contributed by atoms with E-state index in [1.807, 2.05) is 0 Å². The molecule has 0 aliphatic heterocycles. The van der Waals surface area contributed by atoms with Gasteiger partial charge in [0.2, 0.25) is 5.75 Å². The highest BCUT2D eigenvalue weighted by Gasteiger charge is 2.34. The number of amides is 1. The normalized spacial score (nSPS) is 12.5. The van der Waals surface area contributed by atoms with Gasteiger partial charge in [0.05, 0.1) is 21.0 Å². The first-order valence-corrected chi connectivity index (χ1v) is 9.07. The number of halogens is 5. The molecule has 0 saturated carbocycles. The number of hydrogen-bond acceptors (Lipinski definition) is 5. The number of rotatable bonds is 7. The van der Waals surface area contributed by atoms with Crippen LogP contribution in [0.3, 0.4) is 0 Å². The molecular weight excluding hydrogens is 450 g/mol. The molecule has 0 fully saturated rings. The fourth-order valence-corrected chi connectivity index (χ4v) is 2.89. The summed E-state index contributed by atoms with van der Waals surface area (Å²) < 4.78 is 41.0. The number of nitrogens with zero attached hydrogens (tertiary/aromatic N) is 2. The van der Waals surface area contributed by atoms with Crippen molar-refractivity contribution in [2.45, 2.75) is 12.4 Å². The lowest BCUT2D eigenvalue weighted by Crippen LogP contribution is -2.35. The molecule has 2 rings (SSSR count). The Hall–Kier alpha value is -2.56. The smallest absolute Gasteiger partial charge is 0.398 e. The zero-order chi connectivity index (χ0) is 22.6. The first-order valence-electron chi connectivity index (χ1n) is 8.32. The molecule has 2 aromatic rings. The van der Waals surface area contributed by atoms with E-state index in [0.29, 0.717) is 17.1 Å². The second-order valence-electron chi connectivity index (χ2n) is 6.45. The largest absolute Gasteiger partial charge is 0.573 e. The third-order valence-corrected chi connectivity index (χ3v) is 4.58. The lowest BCUT2D eigenvalue weighted by Gasteiger charge is -2.23. The van der Waals surface area contributed by atoms with E-state index in [0.717, 1.165) is 18.2 Å². The third-order valence-electron chi connectivity index (χ3n) is 3.84. The number of alkyl halides is 3. The Kier molecular flexibility index (Phi) is 7.51. The third kappa shape index (κ3) is 6.48. The summed E-state index contributed by atoms with van der Waals surface area (Å²) in [6, 6.07) is 6.66. The number of likely N-dealkylation sites (N-methyl/N-ethyl adjacent to an activating group) is 1. The van der Waals surface area contributed by atoms with Gasteiger partial charge in [-0.3, -0.25) is 14.9 Å². The van der Waals surface area contributed by atoms with Crippen molar-refractivity contribution < 1.29 is 27.6 Å². The molecular formula is C18H16Cl2F3N3O4. The first kappa shape index (κ1) is 23.7. The molecule has 7 nitrogen and oxygen atoms in total. The summed E-state index contributed by atoms with van der Waals surface area (Å²) in [6.07, 6.45) is -5.11. The van der Waals surface area contributed by atoms with E-state index in [-0.39, 0.29) is 10.6 Å². The van der Waals surface area contributed by atoms with Gasteiger partial charge in [0.25, 0.3) is 5.91 Å². The number of hydrogen-bond donors (Lipinski definition) is 1. The van der Waals surface area contributed by atoms with Gasteiger partial charge in [-0.2, -0.15) is 0 Å². The van der Waals surface area contributed by atoms with Crippen LogP contribution < -0.4 is 10.1 Å². The molecule has 1 amide bonds. The van der Waals surface area contributed by atoms with Crippen LogP contribution in [0.15, 0.2) is 36.4 Å². The van der Waals surface area contributed by atoms with Crippen molar-refractivity contribution in [2.24, 2.45) is 0 Å². The number of carbonyl (C=O) groups is 1. The molecule has 0 heterocycles. The zero-order valence-electron chi connectivity index (χ0n) is 15.7. The highest BCUT2D eigenvalue weighted by molar-refractivity contribution is 6.42. The van der Waals surface area contributed by atoms with Crippen LogP contribution in [0.25, 0.3) is 0 Å². The standard InChI is InChI=1S/C18H16Cl2F3N3O4/c1-25(2)9-14(10-3-5-12(19)13(20)7-10)24-17(27)11-4-6-16(30-18(21,22)23)15(8-11)26(28)29/h3-8,14H,9H2,1-2H3,(H,24,27). The molecule has 0 aromatic heterocycles. The van der Waals surface area contributed by atoms with Gasteiger partial charge in [-0.05, 0) is 43.9 Å². The molecule has 0 spiro atoms. The monoisotopic (exact) mass is 465 g/mol. The van der Waals surface area contributed by atoms with E-state index in [1.165, 1.54) is 0 Å². The van der Waals surface area contributed by atoms with Gasteiger partial charge in [-0.25, -0.2) is 0 Å². The van der Waals surface area contributed by atoms with Crippen LogP contribution >= 0.6 is 23.2 Å². The van der Waals surface area contributed by atoms with Crippen molar-refractivity contribution in [3.8, 4) is 5.75 Å². The summed E-state index contributed by atoms with van der Waals surface area (Å²) in [5.41, 5.74) is -0.573. The fourth-order valence-electron chi connectivity index (χ4n) is 2.58. The van der Waals surface area contributed by atoms with Crippen LogP contribution in [0.4, 0.5) is 18.9 Å². The van der Waals surface area contributed by atoms with Crippen molar-refractivity contribution in [1.29, 1.82) is 0 Å². The Morgan fingerprint density at radius 3 is 2.40 bits per heavy atom. The minimum atomic E-state index is -5.11. The highest BCUT2D eigenvalue weighted by atomic mass is 35.5. The number of ether oxygens (including phenoxy) is 1. The fraction of sp³-hybridized carbons (Fsp3) is 0.278. The summed E-state index contributed by atoms with van der Waals surface area (Å²) >= 11 is 11.9. The Morgan fingerprint density at radius 2 is 1.87 bits per heavy atom. The highest BCUT2D eigenvalue weighted by Crippen LogP contribution is 2.33. The van der Waals surface area contributed by atoms with E-state index in [9.17, 15) is 28.1 Å². The maximum Gasteiger partial charge on any atom is 0.573 e. The topological polar surface area (TPSA) is 84.7 Å². The molecule has 2 aromatic carbocycles. The first-order chi connectivity index (χ1) is 13.9. The molecule has 12 heteroatoms. The van der Waals surface area contributed by atoms with Crippen molar-refractivity contribution in [3.63, 3.8) is 0 Å². The van der Waals surface area contributed by atoms with Crippen LogP contribution in [0.1, 0.15) is 22.0 Å². The molecule has 1 N–H and O–H groups in total. The molecule has 30 heavy (non-hydrogen) atoms. The minimum Gasteiger partial charge on any atom is -0.398 e. The van der Waals surface area contributed by atoms with E-state index in [1.54, 1.807) is 37.2 Å². The summed E-state index contributed by atoms with van der Waals surface area (Å²) in [4.78, 5) is 24.5. The Balaban J connectivity index is 2.33. The summed E-state index contributed by atoms with van der Waals surface area (Å²) in [6.45, 7) is 0.348. The van der Waals surface area contributed by atoms with Gasteiger partial charge in [0.15, 0.2) is 0 Å². The molecule has 162 valence electrons. The number of carbonyl (C=O) groups excluding carboxylic acids is 1. The number of nitrogens with one attached hydrogen (secondary N) is 1. The van der Waals surface area contributed by atoms with E-state index in [4.69, 9.17) is 23.2 Å². The average Bonchev–Trinajstić information content (AvgIpc) is 2.61. The van der Waals surface area contributed by atoms with Gasteiger partial charge in [0.1, 0.15) is 0 Å². The second kappa shape index (κ2) is 9.50. The van der Waals surface area contributed by atoms with Crippen molar-refractivity contribution in [2.75, 3.05) is 20.6 Å². The van der Waals surface area contributed by atoms with E-state index in [2.05, 4.69) is 10.1 Å². The van der Waals surface area contributed by atoms with Crippen LogP contribution in [-0.2, 0) is 0 Å². The number of benzene rings is 2. The van der Waals surface area contributed by atoms with Crippen LogP contribution in [-0.4, -0.2) is 42.7 Å². The Bertz CT molecular complexity index is 955. The molecule has 1 atom stereocenters. The van der Waals surface area contributed by atoms with Crippen LogP contribution in [0, 0.1) is 10.1 Å². The van der Waals surface area contributed by atoms with Crippen LogP contribution in [0.5, 0.6) is 5.75 Å². The summed E-state index contributed by atoms with van der Waals surface area (Å²) in [5, 5.41) is 14.4. The lowest BCUT2D eigenvalue weighted by atomic mass is 10.1. The maximum atomic E-state index is 12.7. The molecule has 0 aliphatic rings. The Morgan fingerprint density at radius 1 is 1.20 bits per heavy atom. The molecule has 0 bridgehead atoms. The van der Waals surface area contributed by atoms with E-state index < -0.39 is 34.7 Å². The van der Waals surface area contributed by atoms with Gasteiger partial charge >= 0.3 is 12.0 Å². The Labute approximate surface area is 179 Å². The van der Waals surface area contributed by atoms with E-state index >= 15 is 0 Å². The van der Waals surface area contributed by atoms with Crippen molar-refractivity contribution >= 4 is 34.8 Å². The average molecular weight is 466 g/mol. The van der Waals surface area contributed by atoms with Gasteiger partial charge in [-0.1, -0.05) is 29.3 Å². The molecule has 0 radical (unpaired) electrons. The summed E-state index contributed by atoms with van der Waals surface area (Å²) in [5.74, 6) is -1.74. The van der Waals surface area contributed by atoms with Gasteiger partial charge < -0.3 is 15.0 Å². The van der Waals surface area contributed by atoms with Crippen molar-refractivity contribution in [1.82, 2.24) is 10.2 Å². The minimum absolute atomic E-state index is 0.208. The van der Waals surface area contributed by atoms with Crippen LogP contribution in [0.2, 0.25) is 10.0 Å². The quantitative estimate of drug-likeness (QED) is 0.467. The summed E-state index contributed by atoms with van der Waals surface area (Å²) in [7, 11) is 3.54. The predicted octanol–water partition coefficient (Wildman–Crippen LogP) is 4.83. The number of nitro benzene ring substituents is 1. The molecule has 0 saturated heterocycles. The van der Waals surface area contributed by atoms with Gasteiger partial charge in [-0.15, -0.1) is 13.2 Å². The second-order valence-corrected chi connectivity index (χ2v) is 7.26.